The zero-order valence-electron chi connectivity index (χ0n) is 18.0. The topological polar surface area (TPSA) is 63.6 Å². The molecule has 0 aromatic rings. The van der Waals surface area contributed by atoms with Crippen LogP contribution in [0.15, 0.2) is 0 Å². The van der Waals surface area contributed by atoms with Crippen molar-refractivity contribution in [2.24, 2.45) is 5.92 Å². The average Bonchev–Trinajstić information content (AvgIpc) is 2.60. The van der Waals surface area contributed by atoms with Gasteiger partial charge in [-0.25, -0.2) is 4.79 Å². The van der Waals surface area contributed by atoms with Gasteiger partial charge in [-0.3, -0.25) is 4.57 Å². The molecule has 0 fully saturated rings. The van der Waals surface area contributed by atoms with Gasteiger partial charge in [-0.2, -0.15) is 0 Å². The van der Waals surface area contributed by atoms with E-state index in [-0.39, 0.29) is 5.92 Å². The molecular formula is C22H45O4P. The summed E-state index contributed by atoms with van der Waals surface area (Å²) in [4.78, 5) is 10.3. The number of unbranched alkanes of at least 4 members (excludes halogenated alkanes) is 15. The van der Waals surface area contributed by atoms with Gasteiger partial charge in [0.2, 0.25) is 8.03 Å². The normalized spacial score (nSPS) is 13.4. The molecule has 162 valence electrons. The molecule has 4 nitrogen and oxygen atoms in total. The van der Waals surface area contributed by atoms with Crippen LogP contribution in [0.2, 0.25) is 0 Å². The van der Waals surface area contributed by atoms with Gasteiger partial charge < -0.3 is 9.63 Å². The zero-order chi connectivity index (χ0) is 20.2. The molecular weight excluding hydrogens is 359 g/mol. The Morgan fingerprint density at radius 1 is 0.778 bits per heavy atom. The molecule has 2 atom stereocenters. The maximum atomic E-state index is 11.4. The SMILES string of the molecule is CCCCCCCCCCCCCCCCCCC(C)C[PH](=O)OC(=O)O. The summed E-state index contributed by atoms with van der Waals surface area (Å²) in [7, 11) is -2.41. The molecule has 0 saturated heterocycles. The van der Waals surface area contributed by atoms with E-state index in [4.69, 9.17) is 5.11 Å². The molecule has 0 aliphatic rings. The lowest BCUT2D eigenvalue weighted by atomic mass is 10.0. The molecule has 1 N–H and O–H groups in total. The van der Waals surface area contributed by atoms with Crippen molar-refractivity contribution >= 4 is 14.2 Å². The van der Waals surface area contributed by atoms with Gasteiger partial charge in [0.25, 0.3) is 0 Å². The minimum Gasteiger partial charge on any atom is -0.450 e. The third-order valence-corrected chi connectivity index (χ3v) is 6.70. The summed E-state index contributed by atoms with van der Waals surface area (Å²) in [6.45, 7) is 4.30. The van der Waals surface area contributed by atoms with Gasteiger partial charge in [0, 0.05) is 6.16 Å². The highest BCUT2D eigenvalue weighted by atomic mass is 31.1. The van der Waals surface area contributed by atoms with Crippen LogP contribution >= 0.6 is 8.03 Å². The quantitative estimate of drug-likeness (QED) is 0.163. The van der Waals surface area contributed by atoms with Gasteiger partial charge in [-0.05, 0) is 5.92 Å². The predicted octanol–water partition coefficient (Wildman–Crippen LogP) is 8.44. The van der Waals surface area contributed by atoms with Gasteiger partial charge in [-0.1, -0.05) is 123 Å². The van der Waals surface area contributed by atoms with Crippen LogP contribution in [-0.4, -0.2) is 17.4 Å². The van der Waals surface area contributed by atoms with Gasteiger partial charge in [0.1, 0.15) is 0 Å². The highest BCUT2D eigenvalue weighted by molar-refractivity contribution is 7.39. The lowest BCUT2D eigenvalue weighted by Crippen LogP contribution is -2.01. The highest BCUT2D eigenvalue weighted by Gasteiger charge is 2.11. The Bertz CT molecular complexity index is 360. The van der Waals surface area contributed by atoms with Gasteiger partial charge in [0.05, 0.1) is 0 Å². The van der Waals surface area contributed by atoms with E-state index in [9.17, 15) is 9.36 Å². The van der Waals surface area contributed by atoms with Crippen molar-refractivity contribution in [1.29, 1.82) is 0 Å². The Hall–Kier alpha value is -0.500. The van der Waals surface area contributed by atoms with Gasteiger partial charge in [0.15, 0.2) is 0 Å². The monoisotopic (exact) mass is 404 g/mol. The van der Waals surface area contributed by atoms with Crippen LogP contribution in [-0.2, 0) is 9.09 Å². The van der Waals surface area contributed by atoms with Crippen molar-refractivity contribution in [3.05, 3.63) is 0 Å². The molecule has 0 spiro atoms. The van der Waals surface area contributed by atoms with Crippen molar-refractivity contribution < 1.29 is 19.0 Å². The van der Waals surface area contributed by atoms with Crippen LogP contribution in [0.4, 0.5) is 4.79 Å². The summed E-state index contributed by atoms with van der Waals surface area (Å²) in [5.74, 6) is 0.280. The van der Waals surface area contributed by atoms with E-state index >= 15 is 0 Å². The maximum absolute atomic E-state index is 11.4. The lowest BCUT2D eigenvalue weighted by molar-refractivity contribution is 0.147. The Morgan fingerprint density at radius 2 is 1.15 bits per heavy atom. The first-order valence-corrected chi connectivity index (χ1v) is 13.0. The second kappa shape index (κ2) is 20.2. The van der Waals surface area contributed by atoms with E-state index < -0.39 is 14.2 Å². The Kier molecular flexibility index (Phi) is 19.9. The van der Waals surface area contributed by atoms with Crippen molar-refractivity contribution in [3.8, 4) is 0 Å². The Balaban J connectivity index is 3.20. The standard InChI is InChI=1S/C22H45O4P/c1-3-4-5-6-7-8-9-10-11-12-13-14-15-16-17-18-19-21(2)20-27(25)26-22(23)24/h21,27H,3-20H2,1-2H3,(H,23,24). The minimum absolute atomic E-state index is 0.280. The van der Waals surface area contributed by atoms with Crippen molar-refractivity contribution in [3.63, 3.8) is 0 Å². The number of carboxylic acid groups (broad SMARTS) is 1. The van der Waals surface area contributed by atoms with Crippen LogP contribution in [0.25, 0.3) is 0 Å². The van der Waals surface area contributed by atoms with E-state index in [0.29, 0.717) is 6.16 Å². The van der Waals surface area contributed by atoms with Crippen LogP contribution < -0.4 is 0 Å². The molecule has 0 radical (unpaired) electrons. The molecule has 0 aromatic heterocycles. The first-order valence-electron chi connectivity index (χ1n) is 11.5. The summed E-state index contributed by atoms with van der Waals surface area (Å²) < 4.78 is 15.7. The Labute approximate surface area is 168 Å². The molecule has 5 heteroatoms. The van der Waals surface area contributed by atoms with Crippen LogP contribution in [0.1, 0.15) is 123 Å². The zero-order valence-corrected chi connectivity index (χ0v) is 19.0. The first-order chi connectivity index (χ1) is 13.1. The van der Waals surface area contributed by atoms with Crippen molar-refractivity contribution in [2.45, 2.75) is 123 Å². The molecule has 2 unspecified atom stereocenters. The smallest absolute Gasteiger partial charge is 0.450 e. The van der Waals surface area contributed by atoms with Crippen molar-refractivity contribution in [2.75, 3.05) is 6.16 Å². The fourth-order valence-electron chi connectivity index (χ4n) is 3.57. The Morgan fingerprint density at radius 3 is 1.52 bits per heavy atom. The van der Waals surface area contributed by atoms with E-state index in [0.717, 1.165) is 12.8 Å². The van der Waals surface area contributed by atoms with E-state index in [1.54, 1.807) is 0 Å². The second-order valence-electron chi connectivity index (χ2n) is 8.14. The second-order valence-corrected chi connectivity index (χ2v) is 9.50. The summed E-state index contributed by atoms with van der Waals surface area (Å²) in [6, 6.07) is 0. The van der Waals surface area contributed by atoms with Gasteiger partial charge >= 0.3 is 6.16 Å². The molecule has 0 aliphatic carbocycles. The first kappa shape index (κ1) is 26.5. The summed E-state index contributed by atoms with van der Waals surface area (Å²) >= 11 is 0. The molecule has 27 heavy (non-hydrogen) atoms. The maximum Gasteiger partial charge on any atom is 0.510 e. The molecule has 0 heterocycles. The lowest BCUT2D eigenvalue weighted by Gasteiger charge is -2.10. The fraction of sp³-hybridized carbons (Fsp3) is 0.955. The van der Waals surface area contributed by atoms with E-state index in [2.05, 4.69) is 11.4 Å². The minimum atomic E-state index is -2.41. The molecule has 0 rings (SSSR count). The third-order valence-electron chi connectivity index (χ3n) is 5.27. The summed E-state index contributed by atoms with van der Waals surface area (Å²) in [6.07, 6.45) is 21.8. The van der Waals surface area contributed by atoms with Crippen LogP contribution in [0.3, 0.4) is 0 Å². The fourth-order valence-corrected chi connectivity index (χ4v) is 4.62. The average molecular weight is 405 g/mol. The summed E-state index contributed by atoms with van der Waals surface area (Å²) in [5, 5.41) is 8.42. The highest BCUT2D eigenvalue weighted by Crippen LogP contribution is 2.28. The number of hydrogen-bond acceptors (Lipinski definition) is 3. The number of carbonyl (C=O) groups is 1. The van der Waals surface area contributed by atoms with Crippen LogP contribution in [0, 0.1) is 5.92 Å². The predicted molar refractivity (Wildman–Crippen MR) is 116 cm³/mol. The number of rotatable bonds is 20. The largest absolute Gasteiger partial charge is 0.510 e. The molecule has 0 aromatic carbocycles. The summed E-state index contributed by atoms with van der Waals surface area (Å²) in [5.41, 5.74) is 0. The van der Waals surface area contributed by atoms with Crippen LogP contribution in [0.5, 0.6) is 0 Å². The van der Waals surface area contributed by atoms with E-state index in [1.807, 2.05) is 6.92 Å². The molecule has 0 aliphatic heterocycles. The molecule has 0 amide bonds. The molecule has 0 saturated carbocycles. The third kappa shape index (κ3) is 21.7. The van der Waals surface area contributed by atoms with E-state index in [1.165, 1.54) is 96.3 Å². The van der Waals surface area contributed by atoms with Crippen molar-refractivity contribution in [1.82, 2.24) is 0 Å². The number of hydrogen-bond donors (Lipinski definition) is 1. The molecule has 0 bridgehead atoms. The van der Waals surface area contributed by atoms with Gasteiger partial charge in [-0.15, -0.1) is 0 Å².